The topological polar surface area (TPSA) is 43.4 Å². The van der Waals surface area contributed by atoms with Crippen LogP contribution in [-0.4, -0.2) is 18.1 Å². The molecule has 0 bridgehead atoms. The van der Waals surface area contributed by atoms with E-state index >= 15 is 0 Å². The van der Waals surface area contributed by atoms with Crippen LogP contribution in [0.4, 0.5) is 4.39 Å². The molecule has 0 saturated carbocycles. The Bertz CT molecular complexity index is 862. The Hall–Kier alpha value is -2.44. The minimum absolute atomic E-state index is 0.185. The van der Waals surface area contributed by atoms with Crippen LogP contribution in [0, 0.1) is 5.82 Å². The summed E-state index contributed by atoms with van der Waals surface area (Å²) >= 11 is 3.48. The summed E-state index contributed by atoms with van der Waals surface area (Å²) < 4.78 is 26.1. The van der Waals surface area contributed by atoms with Crippen LogP contribution in [0.25, 0.3) is 0 Å². The molecule has 0 fully saturated rings. The predicted octanol–water partition coefficient (Wildman–Crippen LogP) is 4.73. The summed E-state index contributed by atoms with van der Waals surface area (Å²) in [7, 11) is 0. The van der Waals surface area contributed by atoms with Gasteiger partial charge in [-0.3, -0.25) is 0 Å². The lowest BCUT2D eigenvalue weighted by Gasteiger charge is -2.13. The molecule has 0 atom stereocenters. The van der Waals surface area contributed by atoms with Gasteiger partial charge in [0.1, 0.15) is 24.8 Å². The molecule has 0 aliphatic heterocycles. The molecule has 0 unspecified atom stereocenters. The van der Waals surface area contributed by atoms with E-state index in [9.17, 15) is 4.39 Å². The molecule has 0 saturated heterocycles. The number of hydrogen-bond donors (Lipinski definition) is 1. The molecule has 0 amide bonds. The predicted molar refractivity (Wildman–Crippen MR) is 106 cm³/mol. The molecule has 0 radical (unpaired) electrons. The van der Waals surface area contributed by atoms with Gasteiger partial charge >= 0.3 is 0 Å². The maximum atomic E-state index is 13.8. The average molecular weight is 431 g/mol. The lowest BCUT2D eigenvalue weighted by atomic mass is 10.2. The normalized spacial score (nSPS) is 10.6. The fourth-order valence-electron chi connectivity index (χ4n) is 2.48. The second kappa shape index (κ2) is 10.0. The number of benzene rings is 2. The van der Waals surface area contributed by atoms with E-state index in [4.69, 9.17) is 9.47 Å². The van der Waals surface area contributed by atoms with Crippen LogP contribution >= 0.6 is 15.9 Å². The molecule has 2 aromatic carbocycles. The molecule has 140 valence electrons. The van der Waals surface area contributed by atoms with Crippen molar-refractivity contribution >= 4 is 15.9 Å². The Labute approximate surface area is 166 Å². The van der Waals surface area contributed by atoms with E-state index in [2.05, 4.69) is 26.2 Å². The summed E-state index contributed by atoms with van der Waals surface area (Å²) in [6, 6.07) is 18.0. The zero-order chi connectivity index (χ0) is 18.9. The van der Waals surface area contributed by atoms with Gasteiger partial charge in [0, 0.05) is 41.0 Å². The van der Waals surface area contributed by atoms with Gasteiger partial charge in [-0.05, 0) is 30.3 Å². The third-order valence-electron chi connectivity index (χ3n) is 3.85. The first-order chi connectivity index (χ1) is 13.2. The van der Waals surface area contributed by atoms with Crippen LogP contribution in [0.2, 0.25) is 0 Å². The molecular weight excluding hydrogens is 411 g/mol. The van der Waals surface area contributed by atoms with Gasteiger partial charge < -0.3 is 14.8 Å². The largest absolute Gasteiger partial charge is 0.488 e. The smallest absolute Gasteiger partial charge is 0.213 e. The molecule has 0 spiro atoms. The van der Waals surface area contributed by atoms with Crippen LogP contribution in [0.3, 0.4) is 0 Å². The quantitative estimate of drug-likeness (QED) is 0.498. The van der Waals surface area contributed by atoms with Gasteiger partial charge in [0.05, 0.1) is 0 Å². The molecule has 3 aromatic rings. The molecule has 3 rings (SSSR count). The van der Waals surface area contributed by atoms with Gasteiger partial charge in [-0.1, -0.05) is 40.2 Å². The van der Waals surface area contributed by atoms with Gasteiger partial charge in [-0.25, -0.2) is 9.37 Å². The fraction of sp³-hybridized carbons (Fsp3) is 0.190. The summed E-state index contributed by atoms with van der Waals surface area (Å²) in [5, 5.41) is 3.32. The highest BCUT2D eigenvalue weighted by Gasteiger charge is 2.07. The summed E-state index contributed by atoms with van der Waals surface area (Å²) in [4.78, 5) is 4.11. The average Bonchev–Trinajstić information content (AvgIpc) is 2.69. The van der Waals surface area contributed by atoms with Gasteiger partial charge in [0.2, 0.25) is 5.88 Å². The van der Waals surface area contributed by atoms with Crippen molar-refractivity contribution in [2.75, 3.05) is 13.2 Å². The van der Waals surface area contributed by atoms with Crippen molar-refractivity contribution < 1.29 is 13.9 Å². The Morgan fingerprint density at radius 1 is 0.963 bits per heavy atom. The fourth-order valence-corrected chi connectivity index (χ4v) is 2.89. The highest BCUT2D eigenvalue weighted by Crippen LogP contribution is 2.24. The molecular formula is C21H20BrFN2O2. The van der Waals surface area contributed by atoms with E-state index in [-0.39, 0.29) is 12.4 Å². The third kappa shape index (κ3) is 6.05. The van der Waals surface area contributed by atoms with Crippen LogP contribution in [0.5, 0.6) is 11.6 Å². The molecule has 1 N–H and O–H groups in total. The van der Waals surface area contributed by atoms with E-state index in [1.54, 1.807) is 24.4 Å². The van der Waals surface area contributed by atoms with Crippen molar-refractivity contribution in [3.8, 4) is 11.6 Å². The maximum absolute atomic E-state index is 13.8. The number of ether oxygens (including phenoxy) is 2. The molecule has 27 heavy (non-hydrogen) atoms. The van der Waals surface area contributed by atoms with Crippen molar-refractivity contribution in [1.29, 1.82) is 0 Å². The van der Waals surface area contributed by atoms with Gasteiger partial charge in [-0.15, -0.1) is 0 Å². The summed E-state index contributed by atoms with van der Waals surface area (Å²) in [6.07, 6.45) is 1.70. The number of pyridine rings is 1. The first-order valence-corrected chi connectivity index (χ1v) is 9.41. The molecule has 4 nitrogen and oxygen atoms in total. The van der Waals surface area contributed by atoms with E-state index in [0.29, 0.717) is 31.1 Å². The Balaban J connectivity index is 1.52. The van der Waals surface area contributed by atoms with Gasteiger partial charge in [-0.2, -0.15) is 0 Å². The molecule has 6 heteroatoms. The first kappa shape index (κ1) is 19.3. The molecule has 0 aliphatic rings. The zero-order valence-electron chi connectivity index (χ0n) is 14.7. The number of rotatable bonds is 9. The first-order valence-electron chi connectivity index (χ1n) is 8.61. The molecule has 0 aliphatic carbocycles. The van der Waals surface area contributed by atoms with Crippen LogP contribution in [0.1, 0.15) is 11.1 Å². The SMILES string of the molecule is Fc1ccccc1COc1ccc(Br)cc1CNCCOc1ccccn1. The second-order valence-electron chi connectivity index (χ2n) is 5.83. The van der Waals surface area contributed by atoms with Crippen molar-refractivity contribution in [3.63, 3.8) is 0 Å². The lowest BCUT2D eigenvalue weighted by Crippen LogP contribution is -2.21. The van der Waals surface area contributed by atoms with Crippen LogP contribution in [-0.2, 0) is 13.2 Å². The number of halogens is 2. The number of nitrogens with zero attached hydrogens (tertiary/aromatic N) is 1. The number of hydrogen-bond acceptors (Lipinski definition) is 4. The Kier molecular flexibility index (Phi) is 7.19. The van der Waals surface area contributed by atoms with Gasteiger partial charge in [0.25, 0.3) is 0 Å². The monoisotopic (exact) mass is 430 g/mol. The minimum atomic E-state index is -0.263. The van der Waals surface area contributed by atoms with Gasteiger partial charge in [0.15, 0.2) is 0 Å². The van der Waals surface area contributed by atoms with E-state index in [1.165, 1.54) is 6.07 Å². The lowest BCUT2D eigenvalue weighted by molar-refractivity contribution is 0.291. The van der Waals surface area contributed by atoms with Crippen LogP contribution in [0.15, 0.2) is 71.3 Å². The third-order valence-corrected chi connectivity index (χ3v) is 4.34. The highest BCUT2D eigenvalue weighted by atomic mass is 79.9. The Morgan fingerprint density at radius 2 is 1.81 bits per heavy atom. The highest BCUT2D eigenvalue weighted by molar-refractivity contribution is 9.10. The van der Waals surface area contributed by atoms with Crippen molar-refractivity contribution in [1.82, 2.24) is 10.3 Å². The standard InChI is InChI=1S/C21H20BrFN2O2/c22-18-8-9-20(27-15-16-5-1-2-6-19(16)23)17(13-18)14-24-11-12-26-21-7-3-4-10-25-21/h1-10,13,24H,11-12,14-15H2. The number of aromatic nitrogens is 1. The maximum Gasteiger partial charge on any atom is 0.213 e. The number of nitrogens with one attached hydrogen (secondary N) is 1. The summed E-state index contributed by atoms with van der Waals surface area (Å²) in [6.45, 7) is 1.97. The zero-order valence-corrected chi connectivity index (χ0v) is 16.3. The van der Waals surface area contributed by atoms with Crippen molar-refractivity contribution in [2.45, 2.75) is 13.2 Å². The van der Waals surface area contributed by atoms with E-state index < -0.39 is 0 Å². The molecule has 1 aromatic heterocycles. The van der Waals surface area contributed by atoms with Crippen molar-refractivity contribution in [2.24, 2.45) is 0 Å². The van der Waals surface area contributed by atoms with E-state index in [0.717, 1.165) is 15.8 Å². The molecule has 1 heterocycles. The summed E-state index contributed by atoms with van der Waals surface area (Å²) in [5.74, 6) is 1.07. The van der Waals surface area contributed by atoms with Crippen molar-refractivity contribution in [3.05, 3.63) is 88.3 Å². The van der Waals surface area contributed by atoms with E-state index in [1.807, 2.05) is 36.4 Å². The van der Waals surface area contributed by atoms with Crippen LogP contribution < -0.4 is 14.8 Å². The Morgan fingerprint density at radius 3 is 2.63 bits per heavy atom. The summed E-state index contributed by atoms with van der Waals surface area (Å²) in [5.41, 5.74) is 1.52. The second-order valence-corrected chi connectivity index (χ2v) is 6.74. The minimum Gasteiger partial charge on any atom is -0.488 e.